The number of nitrogens with two attached hydrogens (primary N) is 1. The third-order valence-electron chi connectivity index (χ3n) is 5.43. The van der Waals surface area contributed by atoms with Gasteiger partial charge in [-0.1, -0.05) is 18.6 Å². The average molecular weight is 466 g/mol. The molecule has 2 amide bonds. The van der Waals surface area contributed by atoms with E-state index in [1.165, 1.54) is 34.6 Å². The molecular weight excluding hydrogens is 440 g/mol. The molecule has 2 aromatic rings. The van der Waals surface area contributed by atoms with E-state index in [2.05, 4.69) is 5.32 Å². The Morgan fingerprint density at radius 3 is 2.31 bits per heavy atom. The number of carbonyl (C=O) groups is 2. The number of benzene rings is 2. The van der Waals surface area contributed by atoms with Crippen molar-refractivity contribution in [3.05, 3.63) is 65.2 Å². The molecule has 1 heterocycles. The molecule has 10 heteroatoms. The Kier molecular flexibility index (Phi) is 7.57. The molecule has 1 atom stereocenters. The molecule has 1 saturated heterocycles. The van der Waals surface area contributed by atoms with Crippen molar-refractivity contribution >= 4 is 21.8 Å². The third-order valence-corrected chi connectivity index (χ3v) is 7.35. The fourth-order valence-corrected chi connectivity index (χ4v) is 5.19. The van der Waals surface area contributed by atoms with Crippen molar-refractivity contribution in [3.63, 3.8) is 0 Å². The van der Waals surface area contributed by atoms with E-state index in [0.29, 0.717) is 31.5 Å². The Balaban J connectivity index is 1.72. The summed E-state index contributed by atoms with van der Waals surface area (Å²) < 4.78 is 54.3. The minimum absolute atomic E-state index is 0.0491. The smallest absolute Gasteiger partial charge is 0.251 e. The lowest BCUT2D eigenvalue weighted by Crippen LogP contribution is -2.38. The van der Waals surface area contributed by atoms with Crippen molar-refractivity contribution < 1.29 is 26.8 Å². The number of rotatable bonds is 8. The molecular formula is C22H25F2N3O4S. The van der Waals surface area contributed by atoms with E-state index in [1.807, 2.05) is 0 Å². The lowest BCUT2D eigenvalue weighted by atomic mass is 9.98. The summed E-state index contributed by atoms with van der Waals surface area (Å²) in [5, 5.41) is 2.54. The van der Waals surface area contributed by atoms with Crippen LogP contribution in [0.3, 0.4) is 0 Å². The van der Waals surface area contributed by atoms with E-state index in [0.717, 1.165) is 18.6 Å². The summed E-state index contributed by atoms with van der Waals surface area (Å²) in [7, 11) is -4.06. The molecule has 1 fully saturated rings. The van der Waals surface area contributed by atoms with Crippen molar-refractivity contribution in [2.24, 2.45) is 11.7 Å². The van der Waals surface area contributed by atoms with Gasteiger partial charge in [0.05, 0.1) is 5.92 Å². The lowest BCUT2D eigenvalue weighted by molar-refractivity contribution is -0.121. The molecule has 172 valence electrons. The van der Waals surface area contributed by atoms with Gasteiger partial charge in [-0.05, 0) is 55.2 Å². The first kappa shape index (κ1) is 23.8. The van der Waals surface area contributed by atoms with Gasteiger partial charge in [0.1, 0.15) is 16.5 Å². The van der Waals surface area contributed by atoms with Crippen molar-refractivity contribution in [3.8, 4) is 0 Å². The highest BCUT2D eigenvalue weighted by atomic mass is 32.2. The highest BCUT2D eigenvalue weighted by molar-refractivity contribution is 7.89. The van der Waals surface area contributed by atoms with Gasteiger partial charge in [0.15, 0.2) is 0 Å². The molecule has 3 rings (SSSR count). The third kappa shape index (κ3) is 5.68. The number of hydrogen-bond donors (Lipinski definition) is 2. The highest BCUT2D eigenvalue weighted by Crippen LogP contribution is 2.24. The van der Waals surface area contributed by atoms with Crippen LogP contribution in [0.15, 0.2) is 47.4 Å². The van der Waals surface area contributed by atoms with Crippen molar-refractivity contribution in [2.75, 3.05) is 19.6 Å². The maximum Gasteiger partial charge on any atom is 0.251 e. The number of nitrogens with one attached hydrogen (secondary N) is 1. The van der Waals surface area contributed by atoms with Crippen LogP contribution >= 0.6 is 0 Å². The molecule has 0 aromatic heterocycles. The molecule has 1 unspecified atom stereocenters. The van der Waals surface area contributed by atoms with E-state index in [4.69, 9.17) is 5.73 Å². The van der Waals surface area contributed by atoms with Crippen LogP contribution in [0.25, 0.3) is 0 Å². The summed E-state index contributed by atoms with van der Waals surface area (Å²) in [6.45, 7) is 0.501. The number of sulfonamides is 1. The van der Waals surface area contributed by atoms with Crippen LogP contribution < -0.4 is 11.1 Å². The van der Waals surface area contributed by atoms with Gasteiger partial charge in [-0.2, -0.15) is 4.31 Å². The quantitative estimate of drug-likeness (QED) is 0.623. The van der Waals surface area contributed by atoms with Gasteiger partial charge >= 0.3 is 0 Å². The zero-order chi connectivity index (χ0) is 23.3. The Bertz CT molecular complexity index is 1080. The number of carbonyl (C=O) groups excluding carboxylic acids is 2. The number of hydrogen-bond acceptors (Lipinski definition) is 4. The standard InChI is InChI=1S/C22H25F2N3O4S/c23-18-7-4-15(5-8-18)12-17(21(25)28)14-26-22(29)16-6-9-19(24)20(13-16)32(30,31)27-10-2-1-3-11-27/h4-9,13,17H,1-3,10-12,14H2,(H2,25,28)(H,26,29). The van der Waals surface area contributed by atoms with Crippen LogP contribution in [0.4, 0.5) is 8.78 Å². The van der Waals surface area contributed by atoms with E-state index in [9.17, 15) is 26.8 Å². The first-order valence-corrected chi connectivity index (χ1v) is 11.7. The molecule has 0 spiro atoms. The van der Waals surface area contributed by atoms with Crippen molar-refractivity contribution in [1.29, 1.82) is 0 Å². The maximum absolute atomic E-state index is 14.3. The topological polar surface area (TPSA) is 110 Å². The van der Waals surface area contributed by atoms with Gasteiger partial charge in [-0.3, -0.25) is 9.59 Å². The summed E-state index contributed by atoms with van der Waals surface area (Å²) in [4.78, 5) is 23.8. The molecule has 0 radical (unpaired) electrons. The molecule has 7 nitrogen and oxygen atoms in total. The lowest BCUT2D eigenvalue weighted by Gasteiger charge is -2.26. The number of amides is 2. The molecule has 0 saturated carbocycles. The normalized spacial score (nSPS) is 15.8. The maximum atomic E-state index is 14.3. The second kappa shape index (κ2) is 10.2. The Hall–Kier alpha value is -2.85. The SMILES string of the molecule is NC(=O)C(CNC(=O)c1ccc(F)c(S(=O)(=O)N2CCCCC2)c1)Cc1ccc(F)cc1. The molecule has 2 aromatic carbocycles. The van der Waals surface area contributed by atoms with Crippen LogP contribution in [-0.2, 0) is 21.2 Å². The van der Waals surface area contributed by atoms with Crippen LogP contribution in [0, 0.1) is 17.6 Å². The molecule has 1 aliphatic rings. The Morgan fingerprint density at radius 1 is 1.03 bits per heavy atom. The zero-order valence-electron chi connectivity index (χ0n) is 17.4. The van der Waals surface area contributed by atoms with E-state index in [-0.39, 0.29) is 18.5 Å². The second-order valence-electron chi connectivity index (χ2n) is 7.75. The number of nitrogens with zero attached hydrogens (tertiary/aromatic N) is 1. The largest absolute Gasteiger partial charge is 0.369 e. The van der Waals surface area contributed by atoms with E-state index >= 15 is 0 Å². The monoisotopic (exact) mass is 465 g/mol. The van der Waals surface area contributed by atoms with Gasteiger partial charge in [0.25, 0.3) is 5.91 Å². The van der Waals surface area contributed by atoms with Gasteiger partial charge in [0, 0.05) is 25.2 Å². The molecule has 0 aliphatic carbocycles. The Morgan fingerprint density at radius 2 is 1.69 bits per heavy atom. The molecule has 1 aliphatic heterocycles. The minimum atomic E-state index is -4.06. The number of halogens is 2. The Labute approximate surface area is 185 Å². The molecule has 3 N–H and O–H groups in total. The van der Waals surface area contributed by atoms with Gasteiger partial charge in [-0.15, -0.1) is 0 Å². The average Bonchev–Trinajstić information content (AvgIpc) is 2.78. The summed E-state index contributed by atoms with van der Waals surface area (Å²) in [6.07, 6.45) is 2.50. The second-order valence-corrected chi connectivity index (χ2v) is 9.66. The van der Waals surface area contributed by atoms with Crippen LogP contribution in [0.5, 0.6) is 0 Å². The van der Waals surface area contributed by atoms with Crippen LogP contribution in [0.1, 0.15) is 35.2 Å². The van der Waals surface area contributed by atoms with Gasteiger partial charge in [0.2, 0.25) is 15.9 Å². The molecule has 32 heavy (non-hydrogen) atoms. The zero-order valence-corrected chi connectivity index (χ0v) is 18.2. The summed E-state index contributed by atoms with van der Waals surface area (Å²) in [5.41, 5.74) is 6.04. The number of primary amides is 1. The predicted octanol–water partition coefficient (Wildman–Crippen LogP) is 2.21. The van der Waals surface area contributed by atoms with Crippen molar-refractivity contribution in [1.82, 2.24) is 9.62 Å². The summed E-state index contributed by atoms with van der Waals surface area (Å²) >= 11 is 0. The van der Waals surface area contributed by atoms with E-state index < -0.39 is 44.3 Å². The fourth-order valence-electron chi connectivity index (χ4n) is 3.58. The first-order chi connectivity index (χ1) is 15.2. The van der Waals surface area contributed by atoms with Crippen molar-refractivity contribution in [2.45, 2.75) is 30.6 Å². The van der Waals surface area contributed by atoms with Crippen LogP contribution in [0.2, 0.25) is 0 Å². The number of piperidine rings is 1. The fraction of sp³-hybridized carbons (Fsp3) is 0.364. The summed E-state index contributed by atoms with van der Waals surface area (Å²) in [6, 6.07) is 8.68. The highest BCUT2D eigenvalue weighted by Gasteiger charge is 2.29. The predicted molar refractivity (Wildman–Crippen MR) is 114 cm³/mol. The first-order valence-electron chi connectivity index (χ1n) is 10.3. The van der Waals surface area contributed by atoms with Crippen LogP contribution in [-0.4, -0.2) is 44.2 Å². The van der Waals surface area contributed by atoms with E-state index in [1.54, 1.807) is 0 Å². The van der Waals surface area contributed by atoms with Gasteiger partial charge < -0.3 is 11.1 Å². The van der Waals surface area contributed by atoms with Gasteiger partial charge in [-0.25, -0.2) is 17.2 Å². The minimum Gasteiger partial charge on any atom is -0.369 e. The molecule has 0 bridgehead atoms. The summed E-state index contributed by atoms with van der Waals surface area (Å²) in [5.74, 6) is -3.42.